The summed E-state index contributed by atoms with van der Waals surface area (Å²) in [5.41, 5.74) is 1.44. The molecule has 1 N–H and O–H groups in total. The predicted molar refractivity (Wildman–Crippen MR) is 96.6 cm³/mol. The van der Waals surface area contributed by atoms with Crippen molar-refractivity contribution in [2.45, 2.75) is 18.9 Å². The minimum atomic E-state index is -1.02. The van der Waals surface area contributed by atoms with Crippen molar-refractivity contribution in [2.24, 2.45) is 0 Å². The molecular formula is C16H17BrN4OS. The highest BCUT2D eigenvalue weighted by Gasteiger charge is 2.22. The first-order chi connectivity index (χ1) is 11.1. The van der Waals surface area contributed by atoms with E-state index < -0.39 is 11.0 Å². The summed E-state index contributed by atoms with van der Waals surface area (Å²) >= 11 is 3.44. The lowest BCUT2D eigenvalue weighted by Crippen LogP contribution is -2.46. The summed E-state index contributed by atoms with van der Waals surface area (Å²) in [6.07, 6.45) is 3.66. The van der Waals surface area contributed by atoms with Gasteiger partial charge in [-0.05, 0) is 37.1 Å². The Morgan fingerprint density at radius 3 is 3.04 bits per heavy atom. The molecule has 23 heavy (non-hydrogen) atoms. The molecule has 0 aliphatic carbocycles. The fraction of sp³-hybridized carbons (Fsp3) is 0.375. The average molecular weight is 393 g/mol. The van der Waals surface area contributed by atoms with Crippen LogP contribution in [0.4, 0.5) is 5.82 Å². The van der Waals surface area contributed by atoms with Crippen LogP contribution in [-0.4, -0.2) is 34.6 Å². The van der Waals surface area contributed by atoms with Crippen molar-refractivity contribution in [3.05, 3.63) is 34.3 Å². The molecule has 1 aromatic heterocycles. The Kier molecular flexibility index (Phi) is 4.95. The number of nitrogens with zero attached hydrogens (tertiary/aromatic N) is 3. The third kappa shape index (κ3) is 3.71. The second-order valence-electron chi connectivity index (χ2n) is 5.66. The van der Waals surface area contributed by atoms with Gasteiger partial charge in [0.15, 0.2) is 0 Å². The summed E-state index contributed by atoms with van der Waals surface area (Å²) in [6.45, 7) is 1.65. The van der Waals surface area contributed by atoms with E-state index in [1.54, 1.807) is 6.26 Å². The highest BCUT2D eigenvalue weighted by Crippen LogP contribution is 2.27. The molecule has 0 amide bonds. The minimum Gasteiger partial charge on any atom is -0.355 e. The topological polar surface area (TPSA) is 69.0 Å². The largest absolute Gasteiger partial charge is 0.355 e. The van der Waals surface area contributed by atoms with E-state index in [1.807, 2.05) is 24.3 Å². The maximum atomic E-state index is 11.4. The number of aromatic nitrogens is 1. The van der Waals surface area contributed by atoms with E-state index in [1.165, 1.54) is 0 Å². The molecule has 2 heterocycles. The van der Waals surface area contributed by atoms with Crippen molar-refractivity contribution >= 4 is 43.6 Å². The normalized spacial score (nSPS) is 19.5. The van der Waals surface area contributed by atoms with Crippen LogP contribution in [0.2, 0.25) is 0 Å². The number of benzene rings is 1. The molecular weight excluding hydrogens is 376 g/mol. The number of fused-ring (bicyclic) bond motifs is 1. The molecule has 3 rings (SSSR count). The van der Waals surface area contributed by atoms with E-state index in [0.29, 0.717) is 5.56 Å². The summed E-state index contributed by atoms with van der Waals surface area (Å²) < 4.78 is 15.4. The van der Waals surface area contributed by atoms with Gasteiger partial charge in [-0.15, -0.1) is 0 Å². The molecule has 0 radical (unpaired) electrons. The molecule has 2 aromatic rings. The second kappa shape index (κ2) is 6.95. The smallest absolute Gasteiger partial charge is 0.130 e. The van der Waals surface area contributed by atoms with Gasteiger partial charge in [-0.2, -0.15) is 5.26 Å². The Labute approximate surface area is 146 Å². The van der Waals surface area contributed by atoms with E-state index >= 15 is 0 Å². The zero-order valence-electron chi connectivity index (χ0n) is 12.8. The van der Waals surface area contributed by atoms with Gasteiger partial charge in [0.1, 0.15) is 5.82 Å². The van der Waals surface area contributed by atoms with Crippen LogP contribution < -0.4 is 9.62 Å². The number of hydrogen-bond acceptors (Lipinski definition) is 4. The number of hydrogen-bond donors (Lipinski definition) is 1. The predicted octanol–water partition coefficient (Wildman–Crippen LogP) is 2.72. The number of rotatable bonds is 3. The molecule has 2 unspecified atom stereocenters. The molecule has 2 atom stereocenters. The van der Waals surface area contributed by atoms with Crippen molar-refractivity contribution in [1.82, 2.24) is 9.71 Å². The quantitative estimate of drug-likeness (QED) is 0.871. The summed E-state index contributed by atoms with van der Waals surface area (Å²) in [5.74, 6) is 0.810. The number of piperidine rings is 1. The number of halogens is 1. The van der Waals surface area contributed by atoms with Crippen LogP contribution in [0.3, 0.4) is 0 Å². The Bertz CT molecular complexity index is 805. The highest BCUT2D eigenvalue weighted by molar-refractivity contribution is 9.10. The van der Waals surface area contributed by atoms with Gasteiger partial charge in [-0.25, -0.2) is 13.9 Å². The van der Waals surface area contributed by atoms with Gasteiger partial charge in [-0.1, -0.05) is 15.9 Å². The summed E-state index contributed by atoms with van der Waals surface area (Å²) in [7, 11) is -1.02. The molecule has 1 saturated heterocycles. The SMILES string of the molecule is CS(=O)NC1CCCN(c2cc(C#N)c3cc(Br)ccc3n2)C1. The van der Waals surface area contributed by atoms with Crippen molar-refractivity contribution in [3.63, 3.8) is 0 Å². The lowest BCUT2D eigenvalue weighted by atomic mass is 10.1. The first-order valence-electron chi connectivity index (χ1n) is 7.42. The number of pyridine rings is 1. The third-order valence-electron chi connectivity index (χ3n) is 3.96. The van der Waals surface area contributed by atoms with Crippen LogP contribution in [-0.2, 0) is 11.0 Å². The molecule has 0 saturated carbocycles. The Morgan fingerprint density at radius 1 is 1.48 bits per heavy atom. The van der Waals surface area contributed by atoms with Gasteiger partial charge in [0.25, 0.3) is 0 Å². The molecule has 1 aliphatic rings. The minimum absolute atomic E-state index is 0.183. The Balaban J connectivity index is 1.95. The van der Waals surface area contributed by atoms with E-state index in [4.69, 9.17) is 4.98 Å². The van der Waals surface area contributed by atoms with E-state index in [2.05, 4.69) is 31.6 Å². The monoisotopic (exact) mass is 392 g/mol. The van der Waals surface area contributed by atoms with Crippen LogP contribution in [0, 0.1) is 11.3 Å². The molecule has 1 aliphatic heterocycles. The summed E-state index contributed by atoms with van der Waals surface area (Å²) in [4.78, 5) is 6.88. The van der Waals surface area contributed by atoms with Crippen LogP contribution in [0.15, 0.2) is 28.7 Å². The lowest BCUT2D eigenvalue weighted by Gasteiger charge is -2.33. The summed E-state index contributed by atoms with van der Waals surface area (Å²) in [6, 6.07) is 10.1. The molecule has 120 valence electrons. The molecule has 7 heteroatoms. The summed E-state index contributed by atoms with van der Waals surface area (Å²) in [5, 5.41) is 10.3. The number of nitrogens with one attached hydrogen (secondary N) is 1. The van der Waals surface area contributed by atoms with Gasteiger partial charge in [-0.3, -0.25) is 0 Å². The van der Waals surface area contributed by atoms with Crippen LogP contribution in [0.25, 0.3) is 10.9 Å². The standard InChI is InChI=1S/C16H17BrN4OS/c1-23(22)20-13-3-2-6-21(10-13)16-7-11(9-18)14-8-12(17)4-5-15(14)19-16/h4-5,7-8,13,20H,2-3,6,10H2,1H3. The second-order valence-corrected chi connectivity index (χ2v) is 7.72. The molecule has 0 spiro atoms. The van der Waals surface area contributed by atoms with Crippen molar-refractivity contribution in [2.75, 3.05) is 24.2 Å². The fourth-order valence-electron chi connectivity index (χ4n) is 2.95. The van der Waals surface area contributed by atoms with E-state index in [0.717, 1.165) is 47.1 Å². The van der Waals surface area contributed by atoms with Crippen LogP contribution in [0.5, 0.6) is 0 Å². The van der Waals surface area contributed by atoms with Gasteiger partial charge < -0.3 is 4.90 Å². The third-order valence-corrected chi connectivity index (χ3v) is 5.11. The Morgan fingerprint density at radius 2 is 2.30 bits per heavy atom. The van der Waals surface area contributed by atoms with Gasteiger partial charge >= 0.3 is 0 Å². The van der Waals surface area contributed by atoms with E-state index in [9.17, 15) is 9.47 Å². The van der Waals surface area contributed by atoms with Crippen LogP contribution >= 0.6 is 15.9 Å². The molecule has 5 nitrogen and oxygen atoms in total. The average Bonchev–Trinajstić information content (AvgIpc) is 2.53. The first-order valence-corrected chi connectivity index (χ1v) is 9.77. The van der Waals surface area contributed by atoms with Gasteiger partial charge in [0, 0.05) is 35.2 Å². The zero-order chi connectivity index (χ0) is 16.4. The van der Waals surface area contributed by atoms with E-state index in [-0.39, 0.29) is 6.04 Å². The first kappa shape index (κ1) is 16.4. The van der Waals surface area contributed by atoms with Gasteiger partial charge in [0.2, 0.25) is 0 Å². The number of anilines is 1. The van der Waals surface area contributed by atoms with Crippen molar-refractivity contribution in [1.29, 1.82) is 5.26 Å². The van der Waals surface area contributed by atoms with Crippen LogP contribution in [0.1, 0.15) is 18.4 Å². The Hall–Kier alpha value is -1.49. The maximum Gasteiger partial charge on any atom is 0.130 e. The lowest BCUT2D eigenvalue weighted by molar-refractivity contribution is 0.477. The maximum absolute atomic E-state index is 11.4. The number of nitriles is 1. The fourth-order valence-corrected chi connectivity index (χ4v) is 3.98. The van der Waals surface area contributed by atoms with Crippen molar-refractivity contribution < 1.29 is 4.21 Å². The molecule has 1 fully saturated rings. The van der Waals surface area contributed by atoms with Gasteiger partial charge in [0.05, 0.1) is 28.1 Å². The zero-order valence-corrected chi connectivity index (χ0v) is 15.2. The molecule has 0 bridgehead atoms. The van der Waals surface area contributed by atoms with Crippen molar-refractivity contribution in [3.8, 4) is 6.07 Å². The highest BCUT2D eigenvalue weighted by atomic mass is 79.9. The molecule has 1 aromatic carbocycles.